The first-order valence-electron chi connectivity index (χ1n) is 17.2. The zero-order chi connectivity index (χ0) is 33.8. The summed E-state index contributed by atoms with van der Waals surface area (Å²) in [7, 11) is 0. The smallest absolute Gasteiger partial charge is 0.164 e. The van der Waals surface area contributed by atoms with Crippen LogP contribution in [0.2, 0.25) is 0 Å². The number of aryl methyl sites for hydroxylation is 1. The molecular weight excluding hydrogens is 597 g/mol. The van der Waals surface area contributed by atoms with Crippen LogP contribution in [0.1, 0.15) is 57.2 Å². The molecule has 7 aromatic rings. The van der Waals surface area contributed by atoms with Crippen molar-refractivity contribution in [3.05, 3.63) is 144 Å². The van der Waals surface area contributed by atoms with Gasteiger partial charge in [0.15, 0.2) is 17.5 Å². The fraction of sp³-hybridized carbons (Fsp3) is 0.200. The van der Waals surface area contributed by atoms with Gasteiger partial charge in [0.05, 0.1) is 5.52 Å². The Morgan fingerprint density at radius 1 is 0.469 bits per heavy atom. The number of hydrogen-bond donors (Lipinski definition) is 0. The zero-order valence-electron chi connectivity index (χ0n) is 28.8. The lowest BCUT2D eigenvalue weighted by atomic mass is 9.62. The number of para-hydroxylation sites is 1. The largest absolute Gasteiger partial charge is 0.256 e. The molecule has 0 saturated heterocycles. The fourth-order valence-corrected chi connectivity index (χ4v) is 7.32. The lowest BCUT2D eigenvalue weighted by Gasteiger charge is -2.42. The number of nitrogens with zero attached hydrogens (tertiary/aromatic N) is 4. The second-order valence-electron chi connectivity index (χ2n) is 14.7. The second kappa shape index (κ2) is 11.9. The Balaban J connectivity index is 1.17. The summed E-state index contributed by atoms with van der Waals surface area (Å²) in [5, 5.41) is 1.12. The van der Waals surface area contributed by atoms with Gasteiger partial charge in [0.1, 0.15) is 0 Å². The number of hydrogen-bond acceptors (Lipinski definition) is 4. The maximum Gasteiger partial charge on any atom is 0.164 e. The topological polar surface area (TPSA) is 51.6 Å². The Labute approximate surface area is 289 Å². The minimum Gasteiger partial charge on any atom is -0.256 e. The van der Waals surface area contributed by atoms with Crippen LogP contribution in [-0.2, 0) is 10.8 Å². The van der Waals surface area contributed by atoms with E-state index in [-0.39, 0.29) is 10.8 Å². The van der Waals surface area contributed by atoms with Gasteiger partial charge in [-0.05, 0) is 70.0 Å². The summed E-state index contributed by atoms with van der Waals surface area (Å²) in [5.74, 6) is 1.95. The van der Waals surface area contributed by atoms with Crippen molar-refractivity contribution in [3.63, 3.8) is 0 Å². The second-order valence-corrected chi connectivity index (χ2v) is 14.7. The summed E-state index contributed by atoms with van der Waals surface area (Å²) in [6, 6.07) is 42.6. The maximum absolute atomic E-state index is 5.03. The molecule has 2 heterocycles. The third kappa shape index (κ3) is 5.72. The van der Waals surface area contributed by atoms with Gasteiger partial charge in [-0.1, -0.05) is 143 Å². The highest BCUT2D eigenvalue weighted by atomic mass is 15.0. The highest BCUT2D eigenvalue weighted by Gasteiger charge is 2.37. The van der Waals surface area contributed by atoms with Crippen molar-refractivity contribution >= 4 is 10.9 Å². The summed E-state index contributed by atoms with van der Waals surface area (Å²) < 4.78 is 0. The van der Waals surface area contributed by atoms with Crippen LogP contribution in [0.4, 0.5) is 0 Å². The van der Waals surface area contributed by atoms with Gasteiger partial charge in [0, 0.05) is 33.8 Å². The monoisotopic (exact) mass is 636 g/mol. The average Bonchev–Trinajstić information content (AvgIpc) is 3.13. The third-order valence-electron chi connectivity index (χ3n) is 10.4. The van der Waals surface area contributed by atoms with E-state index < -0.39 is 0 Å². The standard InChI is InChI=1S/C45H40N4/c1-29-27-38-39(45(4,5)25-24-44(38,2)3)28-37(29)31-18-22-35(23-19-31)43-48-41(33-11-7-6-8-12-33)47-42(49-43)34-20-16-30(17-21-34)36-15-9-13-32-14-10-26-46-40(32)36/h6-23,26-28H,24-25H2,1-5H3. The Morgan fingerprint density at radius 2 is 0.959 bits per heavy atom. The van der Waals surface area contributed by atoms with Crippen LogP contribution < -0.4 is 0 Å². The molecular formula is C45H40N4. The molecule has 0 atom stereocenters. The van der Waals surface area contributed by atoms with Crippen LogP contribution in [0.3, 0.4) is 0 Å². The SMILES string of the molecule is Cc1cc2c(cc1-c1ccc(-c3nc(-c4ccccc4)nc(-c4ccc(-c5cccc6cccnc56)cc4)n3)cc1)C(C)(C)CCC2(C)C. The Kier molecular flexibility index (Phi) is 7.48. The first kappa shape index (κ1) is 30.8. The first-order chi connectivity index (χ1) is 23.7. The minimum absolute atomic E-state index is 0.159. The number of benzene rings is 5. The zero-order valence-corrected chi connectivity index (χ0v) is 28.8. The van der Waals surface area contributed by atoms with Gasteiger partial charge in [-0.2, -0.15) is 0 Å². The lowest BCUT2D eigenvalue weighted by molar-refractivity contribution is 0.332. The van der Waals surface area contributed by atoms with E-state index in [1.165, 1.54) is 40.7 Å². The predicted octanol–water partition coefficient (Wildman–Crippen LogP) is 11.4. The number of fused-ring (bicyclic) bond motifs is 2. The van der Waals surface area contributed by atoms with Gasteiger partial charge in [0.2, 0.25) is 0 Å². The molecule has 0 fully saturated rings. The molecule has 240 valence electrons. The molecule has 8 rings (SSSR count). The van der Waals surface area contributed by atoms with Crippen LogP contribution in [0.25, 0.3) is 67.3 Å². The van der Waals surface area contributed by atoms with Gasteiger partial charge >= 0.3 is 0 Å². The van der Waals surface area contributed by atoms with Crippen LogP contribution in [0.5, 0.6) is 0 Å². The van der Waals surface area contributed by atoms with Crippen LogP contribution in [0, 0.1) is 6.92 Å². The lowest BCUT2D eigenvalue weighted by Crippen LogP contribution is -2.34. The average molecular weight is 637 g/mol. The van der Waals surface area contributed by atoms with Gasteiger partial charge in [-0.15, -0.1) is 0 Å². The molecule has 0 saturated carbocycles. The highest BCUT2D eigenvalue weighted by molar-refractivity contribution is 5.93. The van der Waals surface area contributed by atoms with E-state index >= 15 is 0 Å². The highest BCUT2D eigenvalue weighted by Crippen LogP contribution is 2.47. The van der Waals surface area contributed by atoms with Crippen molar-refractivity contribution in [2.45, 2.75) is 58.3 Å². The summed E-state index contributed by atoms with van der Waals surface area (Å²) in [6.07, 6.45) is 4.26. The molecule has 0 spiro atoms. The van der Waals surface area contributed by atoms with Gasteiger partial charge in [0.25, 0.3) is 0 Å². The van der Waals surface area contributed by atoms with E-state index in [4.69, 9.17) is 15.0 Å². The summed E-state index contributed by atoms with van der Waals surface area (Å²) in [6.45, 7) is 11.8. The van der Waals surface area contributed by atoms with E-state index in [2.05, 4.69) is 125 Å². The van der Waals surface area contributed by atoms with Crippen LogP contribution in [-0.4, -0.2) is 19.9 Å². The van der Waals surface area contributed by atoms with E-state index in [1.54, 1.807) is 0 Å². The van der Waals surface area contributed by atoms with Crippen molar-refractivity contribution in [1.82, 2.24) is 19.9 Å². The minimum atomic E-state index is 0.159. The number of aromatic nitrogens is 4. The normalized spacial score (nSPS) is 14.8. The molecule has 0 bridgehead atoms. The van der Waals surface area contributed by atoms with Crippen LogP contribution >= 0.6 is 0 Å². The van der Waals surface area contributed by atoms with Crippen LogP contribution in [0.15, 0.2) is 128 Å². The molecule has 0 unspecified atom stereocenters. The molecule has 49 heavy (non-hydrogen) atoms. The molecule has 0 radical (unpaired) electrons. The van der Waals surface area contributed by atoms with E-state index in [9.17, 15) is 0 Å². The molecule has 1 aliphatic carbocycles. The van der Waals surface area contributed by atoms with Crippen molar-refractivity contribution in [2.75, 3.05) is 0 Å². The van der Waals surface area contributed by atoms with Crippen molar-refractivity contribution in [1.29, 1.82) is 0 Å². The van der Waals surface area contributed by atoms with Crippen molar-refractivity contribution < 1.29 is 0 Å². The quantitative estimate of drug-likeness (QED) is 0.189. The summed E-state index contributed by atoms with van der Waals surface area (Å²) in [4.78, 5) is 19.6. The van der Waals surface area contributed by atoms with Crippen molar-refractivity contribution in [3.8, 4) is 56.4 Å². The van der Waals surface area contributed by atoms with Gasteiger partial charge < -0.3 is 0 Å². The molecule has 2 aromatic heterocycles. The molecule has 0 amide bonds. The molecule has 0 N–H and O–H groups in total. The van der Waals surface area contributed by atoms with E-state index in [0.717, 1.165) is 38.7 Å². The number of pyridine rings is 1. The maximum atomic E-state index is 5.03. The van der Waals surface area contributed by atoms with Crippen molar-refractivity contribution in [2.24, 2.45) is 0 Å². The summed E-state index contributed by atoms with van der Waals surface area (Å²) in [5.41, 5.74) is 13.2. The molecule has 4 nitrogen and oxygen atoms in total. The van der Waals surface area contributed by atoms with Gasteiger partial charge in [-0.25, -0.2) is 15.0 Å². The van der Waals surface area contributed by atoms with E-state index in [0.29, 0.717) is 17.5 Å². The third-order valence-corrected chi connectivity index (χ3v) is 10.4. The molecule has 1 aliphatic rings. The molecule has 0 aliphatic heterocycles. The Hall–Kier alpha value is -5.48. The van der Waals surface area contributed by atoms with E-state index in [1.807, 2.05) is 42.6 Å². The predicted molar refractivity (Wildman–Crippen MR) is 202 cm³/mol. The first-order valence-corrected chi connectivity index (χ1v) is 17.2. The summed E-state index contributed by atoms with van der Waals surface area (Å²) >= 11 is 0. The Bertz CT molecular complexity index is 2310. The number of rotatable bonds is 5. The fourth-order valence-electron chi connectivity index (χ4n) is 7.32. The Morgan fingerprint density at radius 3 is 1.55 bits per heavy atom. The van der Waals surface area contributed by atoms with Gasteiger partial charge in [-0.3, -0.25) is 4.98 Å². The molecule has 4 heteroatoms. The molecule has 5 aromatic carbocycles.